The van der Waals surface area contributed by atoms with Crippen molar-refractivity contribution in [2.24, 2.45) is 5.84 Å². The second-order valence-corrected chi connectivity index (χ2v) is 5.02. The van der Waals surface area contributed by atoms with Crippen LogP contribution in [0, 0.1) is 13.8 Å². The molecule has 0 bridgehead atoms. The zero-order valence-corrected chi connectivity index (χ0v) is 12.6. The van der Waals surface area contributed by atoms with E-state index in [4.69, 9.17) is 10.3 Å². The molecule has 0 saturated carbocycles. The standard InChI is InChI=1S/C16H21N3O2/c1-4-19(14-7-5-11(2)6-8-14)10-13-9-15(16(20)18-17)21-12(13)3/h5-9H,4,10,17H2,1-3H3,(H,18,20). The van der Waals surface area contributed by atoms with E-state index < -0.39 is 5.91 Å². The molecule has 0 fully saturated rings. The number of aryl methyl sites for hydroxylation is 2. The Bertz CT molecular complexity index is 617. The van der Waals surface area contributed by atoms with Crippen LogP contribution in [0.25, 0.3) is 0 Å². The molecule has 1 amide bonds. The molecule has 0 aliphatic carbocycles. The highest BCUT2D eigenvalue weighted by Gasteiger charge is 2.15. The average molecular weight is 287 g/mol. The van der Waals surface area contributed by atoms with E-state index in [0.29, 0.717) is 6.54 Å². The van der Waals surface area contributed by atoms with Gasteiger partial charge in [-0.1, -0.05) is 17.7 Å². The van der Waals surface area contributed by atoms with Crippen molar-refractivity contribution >= 4 is 11.6 Å². The first-order chi connectivity index (χ1) is 10.0. The number of rotatable bonds is 5. The maximum Gasteiger partial charge on any atom is 0.300 e. The van der Waals surface area contributed by atoms with Crippen molar-refractivity contribution in [1.29, 1.82) is 0 Å². The normalized spacial score (nSPS) is 10.5. The van der Waals surface area contributed by atoms with Gasteiger partial charge in [-0.25, -0.2) is 5.84 Å². The molecule has 0 aliphatic heterocycles. The quantitative estimate of drug-likeness (QED) is 0.503. The lowest BCUT2D eigenvalue weighted by Crippen LogP contribution is -2.29. The molecule has 3 N–H and O–H groups in total. The van der Waals surface area contributed by atoms with E-state index in [9.17, 15) is 4.79 Å². The van der Waals surface area contributed by atoms with Crippen LogP contribution in [-0.2, 0) is 6.54 Å². The highest BCUT2D eigenvalue weighted by atomic mass is 16.4. The van der Waals surface area contributed by atoms with E-state index in [0.717, 1.165) is 23.6 Å². The van der Waals surface area contributed by atoms with Crippen molar-refractivity contribution in [1.82, 2.24) is 5.43 Å². The minimum absolute atomic E-state index is 0.241. The topological polar surface area (TPSA) is 71.5 Å². The van der Waals surface area contributed by atoms with Gasteiger partial charge in [0.05, 0.1) is 0 Å². The van der Waals surface area contributed by atoms with Gasteiger partial charge in [0.2, 0.25) is 0 Å². The van der Waals surface area contributed by atoms with Gasteiger partial charge >= 0.3 is 5.91 Å². The fraction of sp³-hybridized carbons (Fsp3) is 0.312. The van der Waals surface area contributed by atoms with Crippen LogP contribution in [0.2, 0.25) is 0 Å². The molecule has 0 aliphatic rings. The Kier molecular flexibility index (Phi) is 4.65. The van der Waals surface area contributed by atoms with Gasteiger partial charge in [0.25, 0.3) is 0 Å². The molecule has 21 heavy (non-hydrogen) atoms. The van der Waals surface area contributed by atoms with Crippen LogP contribution in [0.3, 0.4) is 0 Å². The largest absolute Gasteiger partial charge is 0.456 e. The monoisotopic (exact) mass is 287 g/mol. The third kappa shape index (κ3) is 3.44. The fourth-order valence-electron chi connectivity index (χ4n) is 2.21. The van der Waals surface area contributed by atoms with Crippen molar-refractivity contribution in [3.8, 4) is 0 Å². The minimum Gasteiger partial charge on any atom is -0.456 e. The maximum atomic E-state index is 11.5. The predicted octanol–water partition coefficient (Wildman–Crippen LogP) is 2.53. The van der Waals surface area contributed by atoms with Crippen LogP contribution >= 0.6 is 0 Å². The number of hydrazine groups is 1. The van der Waals surface area contributed by atoms with Crippen LogP contribution in [0.5, 0.6) is 0 Å². The first-order valence-electron chi connectivity index (χ1n) is 6.97. The minimum atomic E-state index is -0.414. The van der Waals surface area contributed by atoms with E-state index in [-0.39, 0.29) is 5.76 Å². The molecular weight excluding hydrogens is 266 g/mol. The Balaban J connectivity index is 2.20. The summed E-state index contributed by atoms with van der Waals surface area (Å²) in [7, 11) is 0. The molecule has 0 unspecified atom stereocenters. The third-order valence-electron chi connectivity index (χ3n) is 3.52. The van der Waals surface area contributed by atoms with Gasteiger partial charge in [-0.05, 0) is 39.0 Å². The highest BCUT2D eigenvalue weighted by molar-refractivity contribution is 5.91. The first kappa shape index (κ1) is 15.1. The average Bonchev–Trinajstić information content (AvgIpc) is 2.86. The molecule has 0 saturated heterocycles. The zero-order valence-electron chi connectivity index (χ0n) is 12.6. The van der Waals surface area contributed by atoms with Gasteiger partial charge in [0.15, 0.2) is 5.76 Å². The van der Waals surface area contributed by atoms with Gasteiger partial charge in [0.1, 0.15) is 5.76 Å². The Morgan fingerprint density at radius 3 is 2.52 bits per heavy atom. The lowest BCUT2D eigenvalue weighted by Gasteiger charge is -2.23. The van der Waals surface area contributed by atoms with Crippen molar-refractivity contribution in [3.63, 3.8) is 0 Å². The molecule has 1 aromatic carbocycles. The second-order valence-electron chi connectivity index (χ2n) is 5.02. The molecule has 5 nitrogen and oxygen atoms in total. The van der Waals surface area contributed by atoms with Crippen molar-refractivity contribution in [2.45, 2.75) is 27.3 Å². The molecular formula is C16H21N3O2. The number of nitrogens with zero attached hydrogens (tertiary/aromatic N) is 1. The lowest BCUT2D eigenvalue weighted by atomic mass is 10.2. The van der Waals surface area contributed by atoms with E-state index in [1.807, 2.05) is 6.92 Å². The van der Waals surface area contributed by atoms with Crippen LogP contribution in [-0.4, -0.2) is 12.5 Å². The van der Waals surface area contributed by atoms with Gasteiger partial charge in [0, 0.05) is 24.3 Å². The number of nitrogen functional groups attached to an aromatic ring is 1. The summed E-state index contributed by atoms with van der Waals surface area (Å²) >= 11 is 0. The summed E-state index contributed by atoms with van der Waals surface area (Å²) in [6, 6.07) is 10.1. The van der Waals surface area contributed by atoms with Crippen LogP contribution < -0.4 is 16.2 Å². The Morgan fingerprint density at radius 1 is 1.29 bits per heavy atom. The number of hydrogen-bond donors (Lipinski definition) is 2. The lowest BCUT2D eigenvalue weighted by molar-refractivity contribution is 0.0924. The van der Waals surface area contributed by atoms with Gasteiger partial charge in [-0.2, -0.15) is 0 Å². The highest BCUT2D eigenvalue weighted by Crippen LogP contribution is 2.21. The summed E-state index contributed by atoms with van der Waals surface area (Å²) in [5, 5.41) is 0. The summed E-state index contributed by atoms with van der Waals surface area (Å²) in [4.78, 5) is 13.7. The summed E-state index contributed by atoms with van der Waals surface area (Å²) < 4.78 is 5.45. The Morgan fingerprint density at radius 2 is 1.95 bits per heavy atom. The van der Waals surface area contributed by atoms with Crippen LogP contribution in [0.15, 0.2) is 34.7 Å². The number of carbonyl (C=O) groups excluding carboxylic acids is 1. The number of benzene rings is 1. The fourth-order valence-corrected chi connectivity index (χ4v) is 2.21. The number of anilines is 1. The number of hydrogen-bond acceptors (Lipinski definition) is 4. The number of nitrogens with one attached hydrogen (secondary N) is 1. The van der Waals surface area contributed by atoms with E-state index >= 15 is 0 Å². The SMILES string of the molecule is CCN(Cc1cc(C(=O)NN)oc1C)c1ccc(C)cc1. The third-order valence-corrected chi connectivity index (χ3v) is 3.52. The first-order valence-corrected chi connectivity index (χ1v) is 6.97. The zero-order chi connectivity index (χ0) is 15.4. The molecule has 0 radical (unpaired) electrons. The smallest absolute Gasteiger partial charge is 0.300 e. The van der Waals surface area contributed by atoms with Crippen LogP contribution in [0.1, 0.15) is 34.4 Å². The summed E-state index contributed by atoms with van der Waals surface area (Å²) in [5.41, 5.74) is 5.44. The molecule has 1 heterocycles. The van der Waals surface area contributed by atoms with Gasteiger partial charge < -0.3 is 9.32 Å². The molecule has 112 valence electrons. The maximum absolute atomic E-state index is 11.5. The number of carbonyl (C=O) groups is 1. The number of amides is 1. The molecule has 5 heteroatoms. The number of nitrogens with two attached hydrogens (primary N) is 1. The van der Waals surface area contributed by atoms with Crippen molar-refractivity contribution in [2.75, 3.05) is 11.4 Å². The van der Waals surface area contributed by atoms with Crippen molar-refractivity contribution in [3.05, 3.63) is 53.0 Å². The van der Waals surface area contributed by atoms with Crippen LogP contribution in [0.4, 0.5) is 5.69 Å². The van der Waals surface area contributed by atoms with Crippen molar-refractivity contribution < 1.29 is 9.21 Å². The summed E-state index contributed by atoms with van der Waals surface area (Å²) in [6.07, 6.45) is 0. The Labute approximate surface area is 124 Å². The second kappa shape index (κ2) is 6.45. The van der Waals surface area contributed by atoms with E-state index in [1.165, 1.54) is 5.56 Å². The predicted molar refractivity (Wildman–Crippen MR) is 83.0 cm³/mol. The van der Waals surface area contributed by atoms with Gasteiger partial charge in [-0.3, -0.25) is 10.2 Å². The molecule has 0 spiro atoms. The summed E-state index contributed by atoms with van der Waals surface area (Å²) in [5.74, 6) is 5.69. The summed E-state index contributed by atoms with van der Waals surface area (Å²) in [6.45, 7) is 7.57. The van der Waals surface area contributed by atoms with E-state index in [1.54, 1.807) is 6.07 Å². The number of furan rings is 1. The van der Waals surface area contributed by atoms with E-state index in [2.05, 4.69) is 48.4 Å². The molecule has 0 atom stereocenters. The molecule has 2 aromatic rings. The Hall–Kier alpha value is -2.27. The van der Waals surface area contributed by atoms with Gasteiger partial charge in [-0.15, -0.1) is 0 Å². The molecule has 2 rings (SSSR count). The molecule has 1 aromatic heterocycles.